The van der Waals surface area contributed by atoms with E-state index in [9.17, 15) is 9.59 Å². The number of benzene rings is 2. The van der Waals surface area contributed by atoms with Crippen LogP contribution < -0.4 is 4.74 Å². The van der Waals surface area contributed by atoms with E-state index < -0.39 is 5.97 Å². The summed E-state index contributed by atoms with van der Waals surface area (Å²) in [6, 6.07) is 15.0. The number of halogens is 1. The van der Waals surface area contributed by atoms with Crippen LogP contribution in [0, 0.1) is 0 Å². The van der Waals surface area contributed by atoms with Gasteiger partial charge in [-0.05, 0) is 55.8 Å². The van der Waals surface area contributed by atoms with Crippen LogP contribution >= 0.6 is 12.4 Å². The minimum absolute atomic E-state index is 0. The molecule has 2 rings (SSSR count). The van der Waals surface area contributed by atoms with Crippen molar-refractivity contribution in [1.82, 2.24) is 4.90 Å². The number of methoxy groups -OCH3 is 1. The number of nitrogens with zero attached hydrogens (tertiary/aromatic N) is 1. The lowest BCUT2D eigenvalue weighted by Gasteiger charge is -2.22. The third-order valence-corrected chi connectivity index (χ3v) is 4.37. The van der Waals surface area contributed by atoms with E-state index in [1.165, 1.54) is 7.11 Å². The molecule has 0 amide bonds. The monoisotopic (exact) mass is 407 g/mol. The molecule has 0 aliphatic heterocycles. The lowest BCUT2D eigenvalue weighted by atomic mass is 10.1. The van der Waals surface area contributed by atoms with Gasteiger partial charge in [-0.2, -0.15) is 0 Å². The first-order valence-electron chi connectivity index (χ1n) is 8.70. The van der Waals surface area contributed by atoms with E-state index in [0.29, 0.717) is 12.2 Å². The largest absolute Gasteiger partial charge is 0.489 e. The Hall–Kier alpha value is -2.57. The zero-order valence-electron chi connectivity index (χ0n) is 16.3. The van der Waals surface area contributed by atoms with Gasteiger partial charge in [-0.25, -0.2) is 4.79 Å². The molecule has 2 aromatic rings. The van der Waals surface area contributed by atoms with Crippen molar-refractivity contribution >= 4 is 24.3 Å². The van der Waals surface area contributed by atoms with Crippen LogP contribution in [0.3, 0.4) is 0 Å². The van der Waals surface area contributed by atoms with E-state index in [2.05, 4.69) is 4.74 Å². The molecule has 0 aromatic heterocycles. The molecular weight excluding hydrogens is 382 g/mol. The molecule has 28 heavy (non-hydrogen) atoms. The number of rotatable bonds is 9. The second kappa shape index (κ2) is 11.3. The fourth-order valence-corrected chi connectivity index (χ4v) is 2.61. The first-order chi connectivity index (χ1) is 12.9. The SMILES string of the molecule is COC(=O)c1ccc(COc2ccc(C[C@@H](C)N(C)CC(=O)O)cc2)cc1.Cl. The van der Waals surface area contributed by atoms with E-state index >= 15 is 0 Å². The summed E-state index contributed by atoms with van der Waals surface area (Å²) in [6.07, 6.45) is 0.763. The Morgan fingerprint density at radius 2 is 1.61 bits per heavy atom. The number of aliphatic carboxylic acids is 1. The lowest BCUT2D eigenvalue weighted by molar-refractivity contribution is -0.138. The highest BCUT2D eigenvalue weighted by Gasteiger charge is 2.13. The Balaban J connectivity index is 0.00000392. The first kappa shape index (κ1) is 23.5. The summed E-state index contributed by atoms with van der Waals surface area (Å²) in [5.41, 5.74) is 2.58. The summed E-state index contributed by atoms with van der Waals surface area (Å²) in [4.78, 5) is 24.0. The minimum atomic E-state index is -0.826. The van der Waals surface area contributed by atoms with Crippen molar-refractivity contribution in [1.29, 1.82) is 0 Å². The van der Waals surface area contributed by atoms with E-state index in [0.717, 1.165) is 23.3 Å². The average molecular weight is 408 g/mol. The van der Waals surface area contributed by atoms with Crippen LogP contribution in [0.15, 0.2) is 48.5 Å². The number of esters is 1. The van der Waals surface area contributed by atoms with Gasteiger partial charge in [-0.15, -0.1) is 12.4 Å². The molecule has 6 nitrogen and oxygen atoms in total. The molecule has 7 heteroatoms. The maximum Gasteiger partial charge on any atom is 0.337 e. The first-order valence-corrected chi connectivity index (χ1v) is 8.70. The summed E-state index contributed by atoms with van der Waals surface area (Å²) in [5.74, 6) is -0.434. The Morgan fingerprint density at radius 3 is 2.14 bits per heavy atom. The fraction of sp³-hybridized carbons (Fsp3) is 0.333. The quantitative estimate of drug-likeness (QED) is 0.642. The van der Waals surface area contributed by atoms with E-state index in [1.54, 1.807) is 12.1 Å². The van der Waals surface area contributed by atoms with Gasteiger partial charge in [0.1, 0.15) is 12.4 Å². The summed E-state index contributed by atoms with van der Waals surface area (Å²) >= 11 is 0. The van der Waals surface area contributed by atoms with Crippen LogP contribution in [0.2, 0.25) is 0 Å². The molecule has 0 saturated carbocycles. The fourth-order valence-electron chi connectivity index (χ4n) is 2.61. The van der Waals surface area contributed by atoms with Gasteiger partial charge < -0.3 is 14.6 Å². The van der Waals surface area contributed by atoms with E-state index in [-0.39, 0.29) is 31.0 Å². The maximum absolute atomic E-state index is 11.4. The highest BCUT2D eigenvalue weighted by Crippen LogP contribution is 2.16. The van der Waals surface area contributed by atoms with Crippen LogP contribution in [-0.4, -0.2) is 48.7 Å². The molecular formula is C21H26ClNO5. The summed E-state index contributed by atoms with van der Waals surface area (Å²) in [7, 11) is 3.16. The lowest BCUT2D eigenvalue weighted by Crippen LogP contribution is -2.35. The smallest absolute Gasteiger partial charge is 0.337 e. The van der Waals surface area contributed by atoms with Gasteiger partial charge >= 0.3 is 11.9 Å². The maximum atomic E-state index is 11.4. The number of likely N-dealkylation sites (N-methyl/N-ethyl adjacent to an activating group) is 1. The normalized spacial score (nSPS) is 11.4. The van der Waals surface area contributed by atoms with Gasteiger partial charge in [0.05, 0.1) is 19.2 Å². The highest BCUT2D eigenvalue weighted by molar-refractivity contribution is 5.89. The van der Waals surface area contributed by atoms with Gasteiger partial charge in [0, 0.05) is 6.04 Å². The van der Waals surface area contributed by atoms with Gasteiger partial charge in [0.25, 0.3) is 0 Å². The van der Waals surface area contributed by atoms with Crippen molar-refractivity contribution in [2.45, 2.75) is 26.0 Å². The number of carbonyl (C=O) groups is 2. The number of ether oxygens (including phenoxy) is 2. The van der Waals surface area contributed by atoms with E-state index in [4.69, 9.17) is 9.84 Å². The average Bonchev–Trinajstić information content (AvgIpc) is 2.66. The summed E-state index contributed by atoms with van der Waals surface area (Å²) < 4.78 is 10.4. The number of carbonyl (C=O) groups excluding carboxylic acids is 1. The standard InChI is InChI=1S/C21H25NO5.ClH/c1-15(22(2)13-20(23)24)12-16-6-10-19(11-7-16)27-14-17-4-8-18(9-5-17)21(25)26-3;/h4-11,15H,12-14H2,1-3H3,(H,23,24);1H/t15-;/m1./s1. The van der Waals surface area contributed by atoms with Crippen LogP contribution in [0.5, 0.6) is 5.75 Å². The number of carboxylic acids is 1. The molecule has 2 aromatic carbocycles. The number of carboxylic acid groups (broad SMARTS) is 1. The predicted molar refractivity (Wildman–Crippen MR) is 109 cm³/mol. The second-order valence-electron chi connectivity index (χ2n) is 6.48. The van der Waals surface area contributed by atoms with Crippen molar-refractivity contribution in [3.05, 3.63) is 65.2 Å². The third-order valence-electron chi connectivity index (χ3n) is 4.37. The summed E-state index contributed by atoms with van der Waals surface area (Å²) in [5, 5.41) is 8.86. The molecule has 152 valence electrons. The molecule has 0 aliphatic carbocycles. The van der Waals surface area contributed by atoms with Crippen LogP contribution in [-0.2, 0) is 22.6 Å². The molecule has 0 spiro atoms. The molecule has 1 N–H and O–H groups in total. The Labute approximate surface area is 171 Å². The Kier molecular flexibility index (Phi) is 9.48. The molecule has 0 heterocycles. The molecule has 0 fully saturated rings. The van der Waals surface area contributed by atoms with Gasteiger partial charge in [0.2, 0.25) is 0 Å². The topological polar surface area (TPSA) is 76.1 Å². The molecule has 0 unspecified atom stereocenters. The molecule has 0 saturated heterocycles. The molecule has 0 aliphatic rings. The zero-order valence-corrected chi connectivity index (χ0v) is 17.1. The third kappa shape index (κ3) is 7.21. The molecule has 0 bridgehead atoms. The van der Waals surface area contributed by atoms with E-state index in [1.807, 2.05) is 55.3 Å². The highest BCUT2D eigenvalue weighted by atomic mass is 35.5. The van der Waals surface area contributed by atoms with Gasteiger partial charge in [-0.3, -0.25) is 9.69 Å². The van der Waals surface area contributed by atoms with Crippen LogP contribution in [0.25, 0.3) is 0 Å². The van der Waals surface area contributed by atoms with Crippen molar-refractivity contribution in [2.24, 2.45) is 0 Å². The Bertz CT molecular complexity index is 761. The summed E-state index contributed by atoms with van der Waals surface area (Å²) in [6.45, 7) is 2.43. The van der Waals surface area contributed by atoms with Crippen molar-refractivity contribution in [3.8, 4) is 5.75 Å². The van der Waals surface area contributed by atoms with Crippen LogP contribution in [0.4, 0.5) is 0 Å². The van der Waals surface area contributed by atoms with Crippen molar-refractivity contribution in [3.63, 3.8) is 0 Å². The van der Waals surface area contributed by atoms with Gasteiger partial charge in [-0.1, -0.05) is 24.3 Å². The van der Waals surface area contributed by atoms with Crippen molar-refractivity contribution in [2.75, 3.05) is 20.7 Å². The number of hydrogen-bond donors (Lipinski definition) is 1. The minimum Gasteiger partial charge on any atom is -0.489 e. The van der Waals surface area contributed by atoms with Crippen LogP contribution in [0.1, 0.15) is 28.4 Å². The van der Waals surface area contributed by atoms with Gasteiger partial charge in [0.15, 0.2) is 0 Å². The Morgan fingerprint density at radius 1 is 1.04 bits per heavy atom. The molecule has 0 radical (unpaired) electrons. The van der Waals surface area contributed by atoms with Crippen molar-refractivity contribution < 1.29 is 24.2 Å². The number of hydrogen-bond acceptors (Lipinski definition) is 5. The predicted octanol–water partition coefficient (Wildman–Crippen LogP) is 3.42. The second-order valence-corrected chi connectivity index (χ2v) is 6.48. The molecule has 1 atom stereocenters. The zero-order chi connectivity index (χ0) is 19.8.